The Kier molecular flexibility index (Phi) is 5.31. The van der Waals surface area contributed by atoms with Crippen LogP contribution in [0.2, 0.25) is 10.0 Å². The number of hydrogen-bond acceptors (Lipinski definition) is 2. The average Bonchev–Trinajstić information content (AvgIpc) is 2.96. The Labute approximate surface area is 133 Å². The number of rotatable bonds is 3. The first kappa shape index (κ1) is 15.9. The molecule has 21 heavy (non-hydrogen) atoms. The van der Waals surface area contributed by atoms with Gasteiger partial charge >= 0.3 is 6.03 Å². The molecule has 1 unspecified atom stereocenters. The van der Waals surface area contributed by atoms with Gasteiger partial charge < -0.3 is 15.5 Å². The van der Waals surface area contributed by atoms with Gasteiger partial charge in [-0.1, -0.05) is 23.2 Å². The van der Waals surface area contributed by atoms with E-state index in [9.17, 15) is 9.59 Å². The number of anilines is 1. The van der Waals surface area contributed by atoms with Crippen molar-refractivity contribution in [2.75, 3.05) is 18.4 Å². The number of hydrogen-bond donors (Lipinski definition) is 2. The highest BCUT2D eigenvalue weighted by Gasteiger charge is 2.24. The highest BCUT2D eigenvalue weighted by molar-refractivity contribution is 6.35. The van der Waals surface area contributed by atoms with Gasteiger partial charge in [0, 0.05) is 18.1 Å². The molecule has 2 N–H and O–H groups in total. The fraction of sp³-hybridized carbons (Fsp3) is 0.429. The lowest BCUT2D eigenvalue weighted by atomic mass is 10.3. The van der Waals surface area contributed by atoms with Gasteiger partial charge in [-0.15, -0.1) is 0 Å². The first-order chi connectivity index (χ1) is 9.97. The molecular weight excluding hydrogens is 313 g/mol. The second-order valence-corrected chi connectivity index (χ2v) is 5.82. The van der Waals surface area contributed by atoms with E-state index >= 15 is 0 Å². The van der Waals surface area contributed by atoms with Crippen LogP contribution in [0.3, 0.4) is 0 Å². The molecule has 114 valence electrons. The number of urea groups is 1. The summed E-state index contributed by atoms with van der Waals surface area (Å²) in [5, 5.41) is 6.05. The molecule has 0 saturated carbocycles. The smallest absolute Gasteiger partial charge is 0.319 e. The fourth-order valence-corrected chi connectivity index (χ4v) is 2.56. The van der Waals surface area contributed by atoms with Crippen molar-refractivity contribution >= 4 is 40.8 Å². The van der Waals surface area contributed by atoms with Crippen molar-refractivity contribution in [1.82, 2.24) is 10.2 Å². The molecule has 1 saturated heterocycles. The standard InChI is InChI=1S/C14H17Cl2N3O2/c1-9(13(20)19-6-2-3-7-19)17-14(21)18-12-8-10(15)4-5-11(12)16/h4-5,8-9H,2-3,6-7H2,1H3,(H2,17,18,21). The maximum atomic E-state index is 12.1. The van der Waals surface area contributed by atoms with Crippen LogP contribution in [-0.4, -0.2) is 36.0 Å². The minimum atomic E-state index is -0.582. The first-order valence-electron chi connectivity index (χ1n) is 6.79. The zero-order chi connectivity index (χ0) is 15.4. The average molecular weight is 330 g/mol. The third kappa shape index (κ3) is 4.25. The summed E-state index contributed by atoms with van der Waals surface area (Å²) in [5.41, 5.74) is 0.405. The Morgan fingerprint density at radius 3 is 2.57 bits per heavy atom. The highest BCUT2D eigenvalue weighted by atomic mass is 35.5. The molecule has 1 aromatic carbocycles. The van der Waals surface area contributed by atoms with E-state index in [1.54, 1.807) is 30.0 Å². The van der Waals surface area contributed by atoms with Gasteiger partial charge in [-0.25, -0.2) is 4.79 Å². The summed E-state index contributed by atoms with van der Waals surface area (Å²) in [5.74, 6) is -0.0696. The summed E-state index contributed by atoms with van der Waals surface area (Å²) in [6.07, 6.45) is 2.03. The summed E-state index contributed by atoms with van der Waals surface area (Å²) in [6.45, 7) is 3.18. The summed E-state index contributed by atoms with van der Waals surface area (Å²) in [7, 11) is 0. The molecule has 0 spiro atoms. The fourth-order valence-electron chi connectivity index (χ4n) is 2.22. The molecule has 0 aromatic heterocycles. The van der Waals surface area contributed by atoms with E-state index in [4.69, 9.17) is 23.2 Å². The van der Waals surface area contributed by atoms with Gasteiger partial charge in [-0.3, -0.25) is 4.79 Å². The number of benzene rings is 1. The molecule has 3 amide bonds. The lowest BCUT2D eigenvalue weighted by molar-refractivity contribution is -0.131. The van der Waals surface area contributed by atoms with Crippen LogP contribution in [-0.2, 0) is 4.79 Å². The molecule has 1 aliphatic heterocycles. The van der Waals surface area contributed by atoms with Gasteiger partial charge in [0.25, 0.3) is 0 Å². The van der Waals surface area contributed by atoms with Crippen molar-refractivity contribution in [3.05, 3.63) is 28.2 Å². The maximum Gasteiger partial charge on any atom is 0.319 e. The normalized spacial score (nSPS) is 15.7. The number of halogens is 2. The largest absolute Gasteiger partial charge is 0.341 e. The number of nitrogens with one attached hydrogen (secondary N) is 2. The Bertz CT molecular complexity index is 545. The Balaban J connectivity index is 1.91. The summed E-state index contributed by atoms with van der Waals surface area (Å²) < 4.78 is 0. The van der Waals surface area contributed by atoms with Crippen LogP contribution >= 0.6 is 23.2 Å². The summed E-state index contributed by atoms with van der Waals surface area (Å²) in [6, 6.07) is 3.71. The predicted molar refractivity (Wildman–Crippen MR) is 83.9 cm³/mol. The van der Waals surface area contributed by atoms with Crippen molar-refractivity contribution in [2.45, 2.75) is 25.8 Å². The van der Waals surface area contributed by atoms with Crippen LogP contribution in [0.25, 0.3) is 0 Å². The van der Waals surface area contributed by atoms with Gasteiger partial charge in [0.05, 0.1) is 10.7 Å². The van der Waals surface area contributed by atoms with E-state index in [1.165, 1.54) is 0 Å². The van der Waals surface area contributed by atoms with Gasteiger partial charge in [0.2, 0.25) is 5.91 Å². The molecule has 1 atom stereocenters. The maximum absolute atomic E-state index is 12.1. The molecule has 1 aromatic rings. The minimum absolute atomic E-state index is 0.0696. The zero-order valence-corrected chi connectivity index (χ0v) is 13.2. The Hall–Kier alpha value is -1.46. The van der Waals surface area contributed by atoms with E-state index < -0.39 is 12.1 Å². The third-order valence-corrected chi connectivity index (χ3v) is 3.88. The molecule has 1 fully saturated rings. The van der Waals surface area contributed by atoms with Crippen LogP contribution < -0.4 is 10.6 Å². The molecule has 5 nitrogen and oxygen atoms in total. The van der Waals surface area contributed by atoms with Crippen molar-refractivity contribution in [3.8, 4) is 0 Å². The molecule has 1 aliphatic rings. The Morgan fingerprint density at radius 1 is 1.24 bits per heavy atom. The number of carbonyl (C=O) groups excluding carboxylic acids is 2. The van der Waals surface area contributed by atoms with Gasteiger partial charge in [0.1, 0.15) is 6.04 Å². The monoisotopic (exact) mass is 329 g/mol. The van der Waals surface area contributed by atoms with Gasteiger partial charge in [0.15, 0.2) is 0 Å². The topological polar surface area (TPSA) is 61.4 Å². The van der Waals surface area contributed by atoms with Crippen LogP contribution in [0.15, 0.2) is 18.2 Å². The second kappa shape index (κ2) is 7.00. The van der Waals surface area contributed by atoms with E-state index in [0.29, 0.717) is 15.7 Å². The van der Waals surface area contributed by atoms with E-state index in [0.717, 1.165) is 25.9 Å². The van der Waals surface area contributed by atoms with Gasteiger partial charge in [-0.2, -0.15) is 0 Å². The van der Waals surface area contributed by atoms with Crippen molar-refractivity contribution in [2.24, 2.45) is 0 Å². The van der Waals surface area contributed by atoms with Crippen molar-refractivity contribution in [1.29, 1.82) is 0 Å². The van der Waals surface area contributed by atoms with Crippen LogP contribution in [0.4, 0.5) is 10.5 Å². The third-order valence-electron chi connectivity index (χ3n) is 3.31. The van der Waals surface area contributed by atoms with E-state index in [2.05, 4.69) is 10.6 Å². The van der Waals surface area contributed by atoms with E-state index in [1.807, 2.05) is 0 Å². The van der Waals surface area contributed by atoms with Crippen LogP contribution in [0.5, 0.6) is 0 Å². The first-order valence-corrected chi connectivity index (χ1v) is 7.54. The second-order valence-electron chi connectivity index (χ2n) is 4.98. The molecule has 2 rings (SSSR count). The lowest BCUT2D eigenvalue weighted by Crippen LogP contribution is -2.47. The SMILES string of the molecule is CC(NC(=O)Nc1cc(Cl)ccc1Cl)C(=O)N1CCCC1. The predicted octanol–water partition coefficient (Wildman–Crippen LogP) is 3.13. The van der Waals surface area contributed by atoms with Crippen LogP contribution in [0, 0.1) is 0 Å². The molecular formula is C14H17Cl2N3O2. The molecule has 0 radical (unpaired) electrons. The minimum Gasteiger partial charge on any atom is -0.341 e. The zero-order valence-electron chi connectivity index (χ0n) is 11.7. The van der Waals surface area contributed by atoms with Gasteiger partial charge in [-0.05, 0) is 38.0 Å². The van der Waals surface area contributed by atoms with Crippen molar-refractivity contribution in [3.63, 3.8) is 0 Å². The molecule has 7 heteroatoms. The highest BCUT2D eigenvalue weighted by Crippen LogP contribution is 2.25. The lowest BCUT2D eigenvalue weighted by Gasteiger charge is -2.21. The molecule has 1 heterocycles. The van der Waals surface area contributed by atoms with Crippen molar-refractivity contribution < 1.29 is 9.59 Å². The van der Waals surface area contributed by atoms with E-state index in [-0.39, 0.29) is 5.91 Å². The quantitative estimate of drug-likeness (QED) is 0.894. The summed E-state index contributed by atoms with van der Waals surface area (Å²) >= 11 is 11.8. The number of amides is 3. The Morgan fingerprint density at radius 2 is 1.90 bits per heavy atom. The number of nitrogens with zero attached hydrogens (tertiary/aromatic N) is 1. The molecule has 0 aliphatic carbocycles. The number of carbonyl (C=O) groups is 2. The number of likely N-dealkylation sites (tertiary alicyclic amines) is 1. The summed E-state index contributed by atoms with van der Waals surface area (Å²) in [4.78, 5) is 25.8. The van der Waals surface area contributed by atoms with Crippen LogP contribution in [0.1, 0.15) is 19.8 Å². The molecule has 0 bridgehead atoms.